The van der Waals surface area contributed by atoms with Crippen molar-refractivity contribution in [2.45, 2.75) is 13.1 Å². The van der Waals surface area contributed by atoms with Gasteiger partial charge in [-0.2, -0.15) is 10.2 Å². The van der Waals surface area contributed by atoms with Gasteiger partial charge in [-0.1, -0.05) is 0 Å². The average Bonchev–Trinajstić information content (AvgIpc) is 2.64. The zero-order valence-electron chi connectivity index (χ0n) is 14.3. The first kappa shape index (κ1) is 21.8. The third-order valence-corrected chi connectivity index (χ3v) is 3.52. The van der Waals surface area contributed by atoms with Crippen LogP contribution in [0.25, 0.3) is 0 Å². The molecule has 0 aliphatic carbocycles. The second-order valence-corrected chi connectivity index (χ2v) is 5.44. The topological polar surface area (TPSA) is 160 Å². The molecule has 0 aliphatic rings. The van der Waals surface area contributed by atoms with Crippen LogP contribution in [-0.2, 0) is 13.1 Å². The summed E-state index contributed by atoms with van der Waals surface area (Å²) < 4.78 is 1.64. The van der Waals surface area contributed by atoms with E-state index in [1.54, 1.807) is 14.1 Å². The van der Waals surface area contributed by atoms with Gasteiger partial charge in [0.25, 0.3) is 0 Å². The van der Waals surface area contributed by atoms with Crippen LogP contribution in [0, 0.1) is 10.1 Å². The fourth-order valence-corrected chi connectivity index (χ4v) is 1.73. The molecule has 146 valence electrons. The van der Waals surface area contributed by atoms with Crippen molar-refractivity contribution in [2.24, 2.45) is 10.2 Å². The van der Waals surface area contributed by atoms with E-state index >= 15 is 0 Å². The Morgan fingerprint density at radius 3 is 2.15 bits per heavy atom. The molecule has 0 aliphatic heterocycles. The van der Waals surface area contributed by atoms with Crippen LogP contribution in [-0.4, -0.2) is 50.8 Å². The Morgan fingerprint density at radius 1 is 1.15 bits per heavy atom. The highest BCUT2D eigenvalue weighted by Crippen LogP contribution is 1.99. The minimum absolute atomic E-state index is 0.126. The van der Waals surface area contributed by atoms with Gasteiger partial charge in [0.1, 0.15) is 0 Å². The Hall–Kier alpha value is -3.20. The van der Waals surface area contributed by atoms with E-state index in [4.69, 9.17) is 24.4 Å². The number of hydrogen-bond acceptors (Lipinski definition) is 8. The second-order valence-electron chi connectivity index (χ2n) is 4.63. The van der Waals surface area contributed by atoms with Gasteiger partial charge in [-0.25, -0.2) is 9.36 Å². The average molecular weight is 415 g/mol. The van der Waals surface area contributed by atoms with Crippen LogP contribution in [0.15, 0.2) is 26.0 Å². The monoisotopic (exact) mass is 415 g/mol. The summed E-state index contributed by atoms with van der Waals surface area (Å²) in [5.41, 5.74) is 2.33. The molecule has 15 heteroatoms. The van der Waals surface area contributed by atoms with E-state index in [9.17, 15) is 19.7 Å². The minimum atomic E-state index is -1.05. The molecule has 0 atom stereocenters. The van der Waals surface area contributed by atoms with Crippen LogP contribution in [0.5, 0.6) is 0 Å². The summed E-state index contributed by atoms with van der Waals surface area (Å²) in [6.07, 6.45) is 3.31. The fraction of sp³-hybridized carbons (Fsp3) is 0.333. The van der Waals surface area contributed by atoms with E-state index in [0.29, 0.717) is 4.57 Å². The summed E-state index contributed by atoms with van der Waals surface area (Å²) in [6.45, 7) is -0.420. The fourth-order valence-electron chi connectivity index (χ4n) is 1.63. The van der Waals surface area contributed by atoms with Crippen molar-refractivity contribution in [1.82, 2.24) is 30.6 Å². The maximum atomic E-state index is 12.4. The van der Waals surface area contributed by atoms with Crippen LogP contribution in [0.2, 0.25) is 0 Å². The van der Waals surface area contributed by atoms with Gasteiger partial charge in [-0.05, 0) is 24.4 Å². The van der Waals surface area contributed by atoms with Gasteiger partial charge < -0.3 is 10.6 Å². The molecule has 0 spiro atoms. The highest BCUT2D eigenvalue weighted by molar-refractivity contribution is 7.80. The molecule has 1 rings (SSSR count). The molecule has 0 saturated heterocycles. The molecule has 1 heterocycles. The Bertz CT molecular complexity index is 890. The molecule has 0 amide bonds. The first-order chi connectivity index (χ1) is 12.8. The number of nitro groups is 1. The predicted octanol–water partition coefficient (Wildman–Crippen LogP) is -1.92. The number of hydrogen-bond donors (Lipinski definition) is 4. The van der Waals surface area contributed by atoms with Gasteiger partial charge in [0.05, 0.1) is 24.2 Å². The van der Waals surface area contributed by atoms with E-state index in [1.165, 1.54) is 12.4 Å². The van der Waals surface area contributed by atoms with Gasteiger partial charge >= 0.3 is 16.9 Å². The number of thiocarbonyl (C=S) groups is 2. The molecule has 0 radical (unpaired) electrons. The summed E-state index contributed by atoms with van der Waals surface area (Å²) in [5, 5.41) is 24.3. The molecule has 27 heavy (non-hydrogen) atoms. The number of nitrogens with zero attached hydrogens (tertiary/aromatic N) is 5. The van der Waals surface area contributed by atoms with Gasteiger partial charge in [-0.15, -0.1) is 0 Å². The van der Waals surface area contributed by atoms with Gasteiger partial charge in [0.2, 0.25) is 0 Å². The zero-order chi connectivity index (χ0) is 20.4. The van der Waals surface area contributed by atoms with Gasteiger partial charge in [-0.3, -0.25) is 30.3 Å². The van der Waals surface area contributed by atoms with Crippen molar-refractivity contribution in [3.63, 3.8) is 0 Å². The van der Waals surface area contributed by atoms with Crippen molar-refractivity contribution < 1.29 is 4.92 Å². The molecule has 0 bridgehead atoms. The highest BCUT2D eigenvalue weighted by Gasteiger charge is 2.19. The molecule has 0 fully saturated rings. The maximum Gasteiger partial charge on any atom is 0.350 e. The Morgan fingerprint density at radius 2 is 1.67 bits per heavy atom. The molecule has 0 aromatic carbocycles. The summed E-state index contributed by atoms with van der Waals surface area (Å²) in [4.78, 5) is 34.8. The highest BCUT2D eigenvalue weighted by atomic mass is 32.1. The molecule has 0 saturated carbocycles. The largest absolute Gasteiger partial charge is 0.364 e. The van der Waals surface area contributed by atoms with E-state index in [0.717, 1.165) is 10.8 Å². The summed E-state index contributed by atoms with van der Waals surface area (Å²) in [5.74, 6) is 0. The Kier molecular flexibility index (Phi) is 8.67. The smallest absolute Gasteiger partial charge is 0.350 e. The molecule has 1 aromatic rings. The number of hydrazone groups is 2. The van der Waals surface area contributed by atoms with Crippen molar-refractivity contribution in [2.75, 3.05) is 14.1 Å². The van der Waals surface area contributed by atoms with Crippen molar-refractivity contribution >= 4 is 52.8 Å². The lowest BCUT2D eigenvalue weighted by molar-refractivity contribution is -0.387. The maximum absolute atomic E-state index is 12.4. The van der Waals surface area contributed by atoms with Gasteiger partial charge in [0, 0.05) is 26.5 Å². The van der Waals surface area contributed by atoms with Crippen LogP contribution < -0.4 is 32.7 Å². The predicted molar refractivity (Wildman–Crippen MR) is 108 cm³/mol. The lowest BCUT2D eigenvalue weighted by Crippen LogP contribution is -2.41. The van der Waals surface area contributed by atoms with Crippen molar-refractivity contribution in [3.8, 4) is 0 Å². The summed E-state index contributed by atoms with van der Waals surface area (Å²) in [6, 6.07) is 0. The first-order valence-electron chi connectivity index (χ1n) is 7.29. The Labute approximate surface area is 163 Å². The third-order valence-electron chi connectivity index (χ3n) is 2.93. The standard InChI is InChI=1S/C12H17N9O4S2/c1-13-10(26)17-15-3-5-19-7-8(21(24)25)9(22)20(12(19)23)6-4-16-18-11(27)14-2/h3-4,7H,5-6H2,1-2H3,(H2,13,17,26)(H2,14,18,27)/b15-3+,16-4+. The number of aromatic nitrogens is 2. The molecule has 1 aromatic heterocycles. The SMILES string of the molecule is CNC(=S)N/N=C/Cn1cc([N+](=O)[O-])c(=O)n(C/C=N/NC(=S)NC)c1=O. The molecule has 0 unspecified atom stereocenters. The molecular formula is C12H17N9O4S2. The Balaban J connectivity index is 3.11. The van der Waals surface area contributed by atoms with Crippen LogP contribution in [0.4, 0.5) is 5.69 Å². The van der Waals surface area contributed by atoms with Crippen LogP contribution in [0.1, 0.15) is 0 Å². The molecule has 4 N–H and O–H groups in total. The minimum Gasteiger partial charge on any atom is -0.364 e. The van der Waals surface area contributed by atoms with E-state index in [1.807, 2.05) is 0 Å². The molecular weight excluding hydrogens is 398 g/mol. The van der Waals surface area contributed by atoms with Gasteiger partial charge in [0.15, 0.2) is 10.2 Å². The summed E-state index contributed by atoms with van der Waals surface area (Å²) in [7, 11) is 3.17. The van der Waals surface area contributed by atoms with E-state index in [2.05, 4.69) is 31.7 Å². The van der Waals surface area contributed by atoms with E-state index in [-0.39, 0.29) is 23.3 Å². The second kappa shape index (κ2) is 10.7. The van der Waals surface area contributed by atoms with Crippen molar-refractivity contribution in [1.29, 1.82) is 0 Å². The summed E-state index contributed by atoms with van der Waals surface area (Å²) >= 11 is 9.62. The quantitative estimate of drug-likeness (QED) is 0.171. The van der Waals surface area contributed by atoms with Crippen LogP contribution >= 0.6 is 24.4 Å². The molecule has 13 nitrogen and oxygen atoms in total. The van der Waals surface area contributed by atoms with Crippen molar-refractivity contribution in [3.05, 3.63) is 37.1 Å². The zero-order valence-corrected chi connectivity index (χ0v) is 16.0. The third kappa shape index (κ3) is 6.55. The number of nitrogens with one attached hydrogen (secondary N) is 4. The first-order valence-corrected chi connectivity index (χ1v) is 8.10. The van der Waals surface area contributed by atoms with E-state index < -0.39 is 21.9 Å². The normalized spacial score (nSPS) is 10.7. The number of rotatable bonds is 7. The lowest BCUT2D eigenvalue weighted by Gasteiger charge is -2.07. The van der Waals surface area contributed by atoms with Crippen LogP contribution in [0.3, 0.4) is 0 Å². The lowest BCUT2D eigenvalue weighted by atomic mass is 10.5.